The second kappa shape index (κ2) is 8.52. The van der Waals surface area contributed by atoms with Crippen LogP contribution in [0.2, 0.25) is 0 Å². The monoisotopic (exact) mass is 401 g/mol. The van der Waals surface area contributed by atoms with E-state index in [9.17, 15) is 0 Å². The highest BCUT2D eigenvalue weighted by Crippen LogP contribution is 2.33. The van der Waals surface area contributed by atoms with E-state index in [0.29, 0.717) is 0 Å². The highest BCUT2D eigenvalue weighted by molar-refractivity contribution is 7.08. The minimum Gasteiger partial charge on any atom is -0.346 e. The molecule has 0 saturated carbocycles. The van der Waals surface area contributed by atoms with E-state index >= 15 is 0 Å². The summed E-state index contributed by atoms with van der Waals surface area (Å²) in [5.74, 6) is 0. The van der Waals surface area contributed by atoms with Gasteiger partial charge >= 0.3 is 0 Å². The van der Waals surface area contributed by atoms with Crippen molar-refractivity contribution in [2.45, 2.75) is 32.2 Å². The lowest BCUT2D eigenvalue weighted by atomic mass is 10.0. The van der Waals surface area contributed by atoms with Gasteiger partial charge in [-0.05, 0) is 60.5 Å². The topological polar surface area (TPSA) is 21.1 Å². The predicted molar refractivity (Wildman–Crippen MR) is 123 cm³/mol. The maximum absolute atomic E-state index is 4.55. The molecule has 0 atom stereocenters. The molecule has 4 aromatic rings. The molecule has 1 fully saturated rings. The van der Waals surface area contributed by atoms with Crippen LogP contribution in [0.3, 0.4) is 0 Å². The Morgan fingerprint density at radius 3 is 2.52 bits per heavy atom. The van der Waals surface area contributed by atoms with Gasteiger partial charge in [0.25, 0.3) is 0 Å². The number of pyridine rings is 1. The quantitative estimate of drug-likeness (QED) is 0.391. The summed E-state index contributed by atoms with van der Waals surface area (Å²) in [6, 6.07) is 13.2. The molecule has 4 heterocycles. The lowest BCUT2D eigenvalue weighted by Gasteiger charge is -2.20. The summed E-state index contributed by atoms with van der Waals surface area (Å²) in [7, 11) is 0. The zero-order valence-electron chi connectivity index (χ0n) is 16.8. The number of likely N-dealkylation sites (tertiary alicyclic amines) is 1. The first-order valence-corrected chi connectivity index (χ1v) is 11.6. The van der Waals surface area contributed by atoms with E-state index in [1.807, 2.05) is 12.4 Å². The van der Waals surface area contributed by atoms with Crippen molar-refractivity contribution in [2.24, 2.45) is 0 Å². The van der Waals surface area contributed by atoms with Gasteiger partial charge in [-0.25, -0.2) is 0 Å². The third-order valence-electron chi connectivity index (χ3n) is 6.05. The Hall–Kier alpha value is -2.43. The Labute approximate surface area is 176 Å². The summed E-state index contributed by atoms with van der Waals surface area (Å²) in [4.78, 5) is 7.19. The normalized spacial score (nSPS) is 15.6. The molecule has 0 unspecified atom stereocenters. The van der Waals surface area contributed by atoms with E-state index in [1.54, 1.807) is 11.3 Å². The zero-order chi connectivity index (χ0) is 19.5. The Kier molecular flexibility index (Phi) is 5.46. The third kappa shape index (κ3) is 4.00. The molecule has 0 amide bonds. The van der Waals surface area contributed by atoms with E-state index in [-0.39, 0.29) is 0 Å². The van der Waals surface area contributed by atoms with Crippen LogP contribution >= 0.6 is 11.3 Å². The fourth-order valence-corrected chi connectivity index (χ4v) is 5.11. The molecule has 29 heavy (non-hydrogen) atoms. The number of hydrogen-bond acceptors (Lipinski definition) is 3. The molecule has 5 rings (SSSR count). The van der Waals surface area contributed by atoms with E-state index in [4.69, 9.17) is 0 Å². The van der Waals surface area contributed by atoms with Crippen molar-refractivity contribution in [3.63, 3.8) is 0 Å². The molecule has 1 aliphatic rings. The standard InChI is InChI=1S/C25H27N3S/c1-2-6-11-27(10-5-1)12-13-28-18-24(23-7-3-4-8-25(23)28)22-15-21(16-26-17-22)20-9-14-29-19-20/h3-4,7-9,14-19H,1-2,5-6,10-13H2. The molecule has 3 aromatic heterocycles. The summed E-state index contributed by atoms with van der Waals surface area (Å²) in [5.41, 5.74) is 6.22. The second-order valence-electron chi connectivity index (χ2n) is 7.98. The van der Waals surface area contributed by atoms with Crippen molar-refractivity contribution in [2.75, 3.05) is 19.6 Å². The van der Waals surface area contributed by atoms with Gasteiger partial charge in [0.2, 0.25) is 0 Å². The molecule has 1 aromatic carbocycles. The van der Waals surface area contributed by atoms with E-state index in [0.717, 1.165) is 13.1 Å². The molecule has 3 nitrogen and oxygen atoms in total. The van der Waals surface area contributed by atoms with Gasteiger partial charge in [0.05, 0.1) is 0 Å². The SMILES string of the molecule is c1ccc2c(c1)c(-c1cncc(-c3ccsc3)c1)cn2CCN1CCCCCC1. The molecule has 0 spiro atoms. The first-order valence-electron chi connectivity index (χ1n) is 10.7. The van der Waals surface area contributed by atoms with E-state index in [1.165, 1.54) is 71.9 Å². The number of hydrogen-bond donors (Lipinski definition) is 0. The Balaban J connectivity index is 1.46. The smallest absolute Gasteiger partial charge is 0.0487 e. The number of aromatic nitrogens is 2. The van der Waals surface area contributed by atoms with Crippen LogP contribution in [-0.2, 0) is 6.54 Å². The number of para-hydroxylation sites is 1. The predicted octanol–water partition coefficient (Wildman–Crippen LogP) is 6.31. The molecule has 148 valence electrons. The lowest BCUT2D eigenvalue weighted by Crippen LogP contribution is -2.28. The van der Waals surface area contributed by atoms with Gasteiger partial charge in [-0.2, -0.15) is 11.3 Å². The molecule has 1 saturated heterocycles. The highest BCUT2D eigenvalue weighted by atomic mass is 32.1. The van der Waals surface area contributed by atoms with Crippen LogP contribution in [0.5, 0.6) is 0 Å². The minimum atomic E-state index is 1.04. The average molecular weight is 402 g/mol. The Bertz CT molecular complexity index is 1070. The molecular weight excluding hydrogens is 374 g/mol. The number of benzene rings is 1. The van der Waals surface area contributed by atoms with Crippen molar-refractivity contribution in [3.8, 4) is 22.3 Å². The van der Waals surface area contributed by atoms with Crippen molar-refractivity contribution in [1.29, 1.82) is 0 Å². The van der Waals surface area contributed by atoms with Crippen LogP contribution in [0.4, 0.5) is 0 Å². The Morgan fingerprint density at radius 2 is 1.69 bits per heavy atom. The van der Waals surface area contributed by atoms with Gasteiger partial charge in [0.1, 0.15) is 0 Å². The fourth-order valence-electron chi connectivity index (χ4n) is 4.44. The first-order chi connectivity index (χ1) is 14.4. The van der Waals surface area contributed by atoms with Crippen molar-refractivity contribution in [3.05, 3.63) is 65.7 Å². The maximum Gasteiger partial charge on any atom is 0.0487 e. The second-order valence-corrected chi connectivity index (χ2v) is 8.76. The molecule has 0 radical (unpaired) electrons. The summed E-state index contributed by atoms with van der Waals surface area (Å²) < 4.78 is 2.44. The van der Waals surface area contributed by atoms with Crippen LogP contribution < -0.4 is 0 Å². The largest absolute Gasteiger partial charge is 0.346 e. The summed E-state index contributed by atoms with van der Waals surface area (Å²) in [5, 5.41) is 5.62. The van der Waals surface area contributed by atoms with Crippen LogP contribution in [0.25, 0.3) is 33.2 Å². The Morgan fingerprint density at radius 1 is 0.862 bits per heavy atom. The number of nitrogens with zero attached hydrogens (tertiary/aromatic N) is 3. The first kappa shape index (κ1) is 18.6. The van der Waals surface area contributed by atoms with Crippen LogP contribution in [-0.4, -0.2) is 34.1 Å². The molecule has 0 N–H and O–H groups in total. The summed E-state index contributed by atoms with van der Waals surface area (Å²) in [6.07, 6.45) is 11.8. The van der Waals surface area contributed by atoms with Crippen LogP contribution in [0.1, 0.15) is 25.7 Å². The summed E-state index contributed by atoms with van der Waals surface area (Å²) in [6.45, 7) is 4.67. The van der Waals surface area contributed by atoms with Gasteiger partial charge in [-0.15, -0.1) is 0 Å². The van der Waals surface area contributed by atoms with Crippen LogP contribution in [0, 0.1) is 0 Å². The molecule has 1 aliphatic heterocycles. The highest BCUT2D eigenvalue weighted by Gasteiger charge is 2.13. The third-order valence-corrected chi connectivity index (χ3v) is 6.73. The number of thiophene rings is 1. The summed E-state index contributed by atoms with van der Waals surface area (Å²) >= 11 is 1.73. The van der Waals surface area contributed by atoms with E-state index < -0.39 is 0 Å². The number of fused-ring (bicyclic) bond motifs is 1. The molecule has 0 bridgehead atoms. The molecule has 0 aliphatic carbocycles. The molecule has 4 heteroatoms. The zero-order valence-corrected chi connectivity index (χ0v) is 17.6. The van der Waals surface area contributed by atoms with Gasteiger partial charge in [-0.1, -0.05) is 31.0 Å². The minimum absolute atomic E-state index is 1.04. The van der Waals surface area contributed by atoms with Crippen LogP contribution in [0.15, 0.2) is 65.7 Å². The van der Waals surface area contributed by atoms with Gasteiger partial charge < -0.3 is 9.47 Å². The van der Waals surface area contributed by atoms with Gasteiger partial charge in [0.15, 0.2) is 0 Å². The van der Waals surface area contributed by atoms with Gasteiger partial charge in [0, 0.05) is 59.3 Å². The fraction of sp³-hybridized carbons (Fsp3) is 0.320. The van der Waals surface area contributed by atoms with Crippen molar-refractivity contribution in [1.82, 2.24) is 14.5 Å². The van der Waals surface area contributed by atoms with Gasteiger partial charge in [-0.3, -0.25) is 4.98 Å². The maximum atomic E-state index is 4.55. The lowest BCUT2D eigenvalue weighted by molar-refractivity contribution is 0.275. The number of rotatable bonds is 5. The molecular formula is C25H27N3S. The average Bonchev–Trinajstić information content (AvgIpc) is 3.35. The van der Waals surface area contributed by atoms with Crippen molar-refractivity contribution < 1.29 is 0 Å². The van der Waals surface area contributed by atoms with E-state index in [2.05, 4.69) is 67.8 Å². The van der Waals surface area contributed by atoms with Crippen molar-refractivity contribution >= 4 is 22.2 Å².